The quantitative estimate of drug-likeness (QED) is 0.118. The van der Waals surface area contributed by atoms with E-state index in [0.29, 0.717) is 29.9 Å². The molecule has 0 saturated carbocycles. The number of nitrogens with two attached hydrogens (primary N) is 1. The summed E-state index contributed by atoms with van der Waals surface area (Å²) in [6.45, 7) is 1.77. The number of anilines is 2. The van der Waals surface area contributed by atoms with Gasteiger partial charge >= 0.3 is 17.9 Å². The van der Waals surface area contributed by atoms with Crippen LogP contribution >= 0.6 is 0 Å². The van der Waals surface area contributed by atoms with Crippen molar-refractivity contribution in [1.29, 1.82) is 0 Å². The van der Waals surface area contributed by atoms with E-state index in [0.717, 1.165) is 5.56 Å². The Morgan fingerprint density at radius 1 is 0.792 bits per heavy atom. The molecule has 13 nitrogen and oxygen atoms in total. The third-order valence-corrected chi connectivity index (χ3v) is 8.89. The number of nitrogen functional groups attached to an aromatic ring is 1. The maximum Gasteiger partial charge on any atom is 0.338 e. The molecule has 4 aromatic carbocycles. The minimum atomic E-state index is -1.74. The van der Waals surface area contributed by atoms with Crippen molar-refractivity contribution in [2.24, 2.45) is 0 Å². The molecule has 2 aromatic heterocycles. The lowest BCUT2D eigenvalue weighted by Gasteiger charge is -2.34. The molecule has 0 radical (unpaired) electrons. The minimum absolute atomic E-state index is 0.0390. The number of nitrogens with zero attached hydrogens (tertiary/aromatic N) is 4. The van der Waals surface area contributed by atoms with Gasteiger partial charge in [-0.2, -0.15) is 9.97 Å². The maximum absolute atomic E-state index is 13.8. The van der Waals surface area contributed by atoms with Crippen molar-refractivity contribution in [3.8, 4) is 0 Å². The van der Waals surface area contributed by atoms with Crippen LogP contribution in [0.2, 0.25) is 0 Å². The molecule has 268 valence electrons. The van der Waals surface area contributed by atoms with Gasteiger partial charge < -0.3 is 30.0 Å². The second kappa shape index (κ2) is 15.3. The summed E-state index contributed by atoms with van der Waals surface area (Å²) in [5.74, 6) is -1.67. The number of ether oxygens (including phenoxy) is 4. The zero-order valence-electron chi connectivity index (χ0n) is 28.7. The molecule has 0 aliphatic carbocycles. The first-order chi connectivity index (χ1) is 25.8. The van der Waals surface area contributed by atoms with Gasteiger partial charge in [0.1, 0.15) is 12.7 Å². The standard InChI is InChI=1S/C40H36N6O7/c1-40(53-37(49)29-20-12-5-13-21-29)32(52-36(48)28-18-10-4-11-19-28)30(24-50-35(47)27-16-8-3-9-17-27)51-38(40)46-25-43-31-33(44-39(41)45-34(31)46)42-23-22-26-14-6-2-7-15-26/h2-21,25,30,32,38H,22-24H2,1H3,(H3,41,42,44,45). The van der Waals surface area contributed by atoms with E-state index in [1.165, 1.54) is 6.33 Å². The molecule has 1 aliphatic heterocycles. The number of hydrogen-bond donors (Lipinski definition) is 2. The van der Waals surface area contributed by atoms with Crippen LogP contribution in [0.1, 0.15) is 49.8 Å². The fourth-order valence-corrected chi connectivity index (χ4v) is 6.26. The van der Waals surface area contributed by atoms with E-state index in [1.807, 2.05) is 30.3 Å². The summed E-state index contributed by atoms with van der Waals surface area (Å²) in [6.07, 6.45) is -1.44. The fraction of sp³-hybridized carbons (Fsp3) is 0.200. The first-order valence-corrected chi connectivity index (χ1v) is 17.0. The zero-order valence-corrected chi connectivity index (χ0v) is 28.7. The molecule has 3 heterocycles. The molecular formula is C40H36N6O7. The second-order valence-corrected chi connectivity index (χ2v) is 12.5. The van der Waals surface area contributed by atoms with Crippen molar-refractivity contribution in [3.63, 3.8) is 0 Å². The summed E-state index contributed by atoms with van der Waals surface area (Å²) in [5, 5.41) is 3.31. The van der Waals surface area contributed by atoms with E-state index in [-0.39, 0.29) is 29.3 Å². The number of aromatic nitrogens is 4. The van der Waals surface area contributed by atoms with Gasteiger partial charge in [0.05, 0.1) is 23.0 Å². The molecule has 0 amide bonds. The van der Waals surface area contributed by atoms with Gasteiger partial charge in [-0.05, 0) is 55.3 Å². The van der Waals surface area contributed by atoms with E-state index >= 15 is 0 Å². The molecule has 1 fully saturated rings. The summed E-state index contributed by atoms with van der Waals surface area (Å²) in [6, 6.07) is 35.2. The third kappa shape index (κ3) is 7.55. The third-order valence-electron chi connectivity index (χ3n) is 8.89. The normalized spacial score (nSPS) is 19.4. The van der Waals surface area contributed by atoms with Gasteiger partial charge in [0, 0.05) is 6.54 Å². The number of esters is 3. The Morgan fingerprint density at radius 2 is 1.36 bits per heavy atom. The van der Waals surface area contributed by atoms with Crippen molar-refractivity contribution in [3.05, 3.63) is 150 Å². The van der Waals surface area contributed by atoms with Gasteiger partial charge in [-0.1, -0.05) is 84.9 Å². The van der Waals surface area contributed by atoms with Gasteiger partial charge in [-0.3, -0.25) is 4.57 Å². The van der Waals surface area contributed by atoms with Crippen LogP contribution in [0.4, 0.5) is 11.8 Å². The molecule has 1 saturated heterocycles. The molecule has 6 aromatic rings. The van der Waals surface area contributed by atoms with Crippen molar-refractivity contribution >= 4 is 40.8 Å². The Kier molecular flexibility index (Phi) is 10.1. The van der Waals surface area contributed by atoms with Crippen LogP contribution in [0, 0.1) is 0 Å². The number of carbonyl (C=O) groups is 3. The monoisotopic (exact) mass is 712 g/mol. The number of fused-ring (bicyclic) bond motifs is 1. The average Bonchev–Trinajstić information content (AvgIpc) is 3.72. The van der Waals surface area contributed by atoms with Crippen molar-refractivity contribution < 1.29 is 33.3 Å². The Labute approximate surface area is 304 Å². The molecule has 13 heteroatoms. The predicted molar refractivity (Wildman–Crippen MR) is 195 cm³/mol. The van der Waals surface area contributed by atoms with Gasteiger partial charge in [0.15, 0.2) is 34.9 Å². The van der Waals surface area contributed by atoms with Gasteiger partial charge in [-0.25, -0.2) is 19.4 Å². The van der Waals surface area contributed by atoms with Crippen molar-refractivity contribution in [2.75, 3.05) is 24.2 Å². The molecular weight excluding hydrogens is 676 g/mol. The Balaban J connectivity index is 1.27. The van der Waals surface area contributed by atoms with E-state index < -0.39 is 41.9 Å². The summed E-state index contributed by atoms with van der Waals surface area (Å²) in [5.41, 5.74) is 7.09. The molecule has 3 N–H and O–H groups in total. The van der Waals surface area contributed by atoms with Crippen LogP contribution in [-0.2, 0) is 25.4 Å². The lowest BCUT2D eigenvalue weighted by molar-refractivity contribution is -0.108. The molecule has 7 rings (SSSR count). The van der Waals surface area contributed by atoms with Gasteiger partial charge in [0.2, 0.25) is 5.95 Å². The van der Waals surface area contributed by atoms with E-state index in [1.54, 1.807) is 102 Å². The summed E-state index contributed by atoms with van der Waals surface area (Å²) < 4.78 is 26.3. The van der Waals surface area contributed by atoms with Crippen LogP contribution in [0.25, 0.3) is 11.2 Å². The number of benzene rings is 4. The van der Waals surface area contributed by atoms with E-state index in [4.69, 9.17) is 24.7 Å². The maximum atomic E-state index is 13.8. The zero-order chi connectivity index (χ0) is 36.8. The largest absolute Gasteiger partial charge is 0.459 e. The lowest BCUT2D eigenvalue weighted by atomic mass is 9.95. The van der Waals surface area contributed by atoms with Crippen molar-refractivity contribution in [2.45, 2.75) is 37.4 Å². The number of nitrogens with one attached hydrogen (secondary N) is 1. The number of imidazole rings is 1. The topological polar surface area (TPSA) is 170 Å². The minimum Gasteiger partial charge on any atom is -0.459 e. The highest BCUT2D eigenvalue weighted by molar-refractivity contribution is 5.91. The molecule has 4 unspecified atom stereocenters. The highest BCUT2D eigenvalue weighted by atomic mass is 16.7. The molecule has 4 atom stereocenters. The first-order valence-electron chi connectivity index (χ1n) is 17.0. The summed E-state index contributed by atoms with van der Waals surface area (Å²) in [7, 11) is 0. The Hall–Kier alpha value is -6.60. The van der Waals surface area contributed by atoms with Crippen LogP contribution in [-0.4, -0.2) is 68.4 Å². The van der Waals surface area contributed by atoms with Crippen LogP contribution in [0.15, 0.2) is 128 Å². The summed E-state index contributed by atoms with van der Waals surface area (Å²) in [4.78, 5) is 54.1. The summed E-state index contributed by atoms with van der Waals surface area (Å²) >= 11 is 0. The predicted octanol–water partition coefficient (Wildman–Crippen LogP) is 5.66. The molecule has 0 spiro atoms. The highest BCUT2D eigenvalue weighted by Gasteiger charge is 2.61. The second-order valence-electron chi connectivity index (χ2n) is 12.5. The van der Waals surface area contributed by atoms with E-state index in [2.05, 4.69) is 20.3 Å². The fourth-order valence-electron chi connectivity index (χ4n) is 6.26. The first kappa shape index (κ1) is 34.8. The van der Waals surface area contributed by atoms with Crippen LogP contribution < -0.4 is 11.1 Å². The van der Waals surface area contributed by atoms with Crippen LogP contribution in [0.5, 0.6) is 0 Å². The SMILES string of the molecule is CC1(OC(=O)c2ccccc2)C(OC(=O)c2ccccc2)C(COC(=O)c2ccccc2)OC1n1cnc2c(NCCc3ccccc3)nc(N)nc21. The average molecular weight is 713 g/mol. The van der Waals surface area contributed by atoms with Crippen LogP contribution in [0.3, 0.4) is 0 Å². The highest BCUT2D eigenvalue weighted by Crippen LogP contribution is 2.45. The Morgan fingerprint density at radius 3 is 1.98 bits per heavy atom. The molecule has 0 bridgehead atoms. The van der Waals surface area contributed by atoms with E-state index in [9.17, 15) is 14.4 Å². The van der Waals surface area contributed by atoms with Crippen molar-refractivity contribution in [1.82, 2.24) is 19.5 Å². The number of rotatable bonds is 12. The smallest absolute Gasteiger partial charge is 0.338 e. The number of hydrogen-bond acceptors (Lipinski definition) is 12. The molecule has 53 heavy (non-hydrogen) atoms. The van der Waals surface area contributed by atoms with Gasteiger partial charge in [-0.15, -0.1) is 0 Å². The Bertz CT molecular complexity index is 2200. The molecule has 1 aliphatic rings. The van der Waals surface area contributed by atoms with Gasteiger partial charge in [0.25, 0.3) is 0 Å². The lowest BCUT2D eigenvalue weighted by Crippen LogP contribution is -2.50. The number of carbonyl (C=O) groups excluding carboxylic acids is 3.